The Morgan fingerprint density at radius 2 is 1.35 bits per heavy atom. The van der Waals surface area contributed by atoms with E-state index in [9.17, 15) is 4.79 Å². The molecule has 132 valence electrons. The second-order valence-electron chi connectivity index (χ2n) is 8.08. The predicted molar refractivity (Wildman–Crippen MR) is 102 cm³/mol. The van der Waals surface area contributed by atoms with Crippen molar-refractivity contribution in [2.75, 3.05) is 0 Å². The number of fused-ring (bicyclic) bond motifs is 5. The molecule has 5 atom stereocenters. The van der Waals surface area contributed by atoms with E-state index in [-0.39, 0.29) is 5.97 Å². The fraction of sp³-hybridized carbons (Fsp3) is 0.375. The average molecular weight is 344 g/mol. The molecule has 2 bridgehead atoms. The van der Waals surface area contributed by atoms with Crippen molar-refractivity contribution in [3.05, 3.63) is 77.5 Å². The molecule has 0 amide bonds. The summed E-state index contributed by atoms with van der Waals surface area (Å²) in [5, 5.41) is 0. The largest absolute Gasteiger partial charge is 0.430 e. The number of carbonyl (C=O) groups is 1. The van der Waals surface area contributed by atoms with Crippen molar-refractivity contribution in [1.82, 2.24) is 0 Å². The van der Waals surface area contributed by atoms with Crippen LogP contribution in [0.15, 0.2) is 66.4 Å². The summed E-state index contributed by atoms with van der Waals surface area (Å²) in [4.78, 5) is 12.0. The van der Waals surface area contributed by atoms with Gasteiger partial charge in [-0.05, 0) is 54.1 Å². The second-order valence-corrected chi connectivity index (χ2v) is 8.08. The Morgan fingerprint density at radius 3 is 1.81 bits per heavy atom. The molecule has 3 fully saturated rings. The van der Waals surface area contributed by atoms with Crippen molar-refractivity contribution >= 4 is 11.5 Å². The van der Waals surface area contributed by atoms with Crippen LogP contribution >= 0.6 is 0 Å². The molecule has 3 aliphatic rings. The Bertz CT molecular complexity index is 795. The first-order valence-corrected chi connectivity index (χ1v) is 9.77. The van der Waals surface area contributed by atoms with Gasteiger partial charge in [-0.3, -0.25) is 4.79 Å². The molecule has 0 N–H and O–H groups in total. The number of ether oxygens (including phenoxy) is 1. The van der Waals surface area contributed by atoms with Gasteiger partial charge in [0.2, 0.25) is 0 Å². The summed E-state index contributed by atoms with van der Waals surface area (Å²) in [6.45, 7) is 1.53. The minimum Gasteiger partial charge on any atom is -0.430 e. The summed E-state index contributed by atoms with van der Waals surface area (Å²) in [5.41, 5.74) is 3.36. The SMILES string of the molecule is CC(=O)OC(=C(c1ccccc1)c1ccccc1)C1[C@@H]2[C@H]3CC[C@H](C3)[C@H]12. The molecule has 0 radical (unpaired) electrons. The zero-order valence-electron chi connectivity index (χ0n) is 15.1. The Kier molecular flexibility index (Phi) is 3.74. The molecule has 0 spiro atoms. The van der Waals surface area contributed by atoms with Gasteiger partial charge in [0.05, 0.1) is 0 Å². The van der Waals surface area contributed by atoms with Gasteiger partial charge < -0.3 is 4.74 Å². The van der Waals surface area contributed by atoms with Crippen LogP contribution < -0.4 is 0 Å². The molecular formula is C24H24O2. The number of hydrogen-bond acceptors (Lipinski definition) is 2. The molecule has 2 nitrogen and oxygen atoms in total. The lowest BCUT2D eigenvalue weighted by molar-refractivity contribution is -0.137. The van der Waals surface area contributed by atoms with Crippen LogP contribution in [0.4, 0.5) is 0 Å². The van der Waals surface area contributed by atoms with Gasteiger partial charge in [0.15, 0.2) is 0 Å². The van der Waals surface area contributed by atoms with Gasteiger partial charge in [0.25, 0.3) is 0 Å². The monoisotopic (exact) mass is 344 g/mol. The van der Waals surface area contributed by atoms with Crippen LogP contribution in [0.2, 0.25) is 0 Å². The molecule has 5 rings (SSSR count). The van der Waals surface area contributed by atoms with Gasteiger partial charge in [-0.2, -0.15) is 0 Å². The summed E-state index contributed by atoms with van der Waals surface area (Å²) >= 11 is 0. The summed E-state index contributed by atoms with van der Waals surface area (Å²) in [6, 6.07) is 20.8. The van der Waals surface area contributed by atoms with E-state index in [4.69, 9.17) is 4.74 Å². The fourth-order valence-electron chi connectivity index (χ4n) is 5.78. The molecule has 1 unspecified atom stereocenters. The average Bonchev–Trinajstić information content (AvgIpc) is 3.08. The highest BCUT2D eigenvalue weighted by molar-refractivity contribution is 5.83. The highest BCUT2D eigenvalue weighted by atomic mass is 16.5. The van der Waals surface area contributed by atoms with Crippen LogP contribution in [-0.4, -0.2) is 5.97 Å². The van der Waals surface area contributed by atoms with Crippen LogP contribution in [-0.2, 0) is 9.53 Å². The van der Waals surface area contributed by atoms with Gasteiger partial charge >= 0.3 is 5.97 Å². The number of benzene rings is 2. The van der Waals surface area contributed by atoms with Crippen molar-refractivity contribution in [3.8, 4) is 0 Å². The van der Waals surface area contributed by atoms with E-state index in [0.717, 1.165) is 46.1 Å². The number of allylic oxidation sites excluding steroid dienone is 1. The number of esters is 1. The lowest BCUT2D eigenvalue weighted by Crippen LogP contribution is -2.10. The van der Waals surface area contributed by atoms with Crippen molar-refractivity contribution in [1.29, 1.82) is 0 Å². The molecule has 3 aliphatic carbocycles. The van der Waals surface area contributed by atoms with Gasteiger partial charge in [-0.25, -0.2) is 0 Å². The van der Waals surface area contributed by atoms with E-state index in [1.165, 1.54) is 26.2 Å². The maximum Gasteiger partial charge on any atom is 0.307 e. The summed E-state index contributed by atoms with van der Waals surface area (Å²) < 4.78 is 5.95. The van der Waals surface area contributed by atoms with E-state index in [0.29, 0.717) is 5.92 Å². The van der Waals surface area contributed by atoms with Crippen LogP contribution in [0.1, 0.15) is 37.3 Å². The van der Waals surface area contributed by atoms with Gasteiger partial charge in [0.1, 0.15) is 5.76 Å². The Labute approximate surface area is 154 Å². The summed E-state index contributed by atoms with van der Waals surface area (Å²) in [5.74, 6) is 4.27. The third-order valence-electron chi connectivity index (χ3n) is 6.66. The lowest BCUT2D eigenvalue weighted by Gasteiger charge is -2.18. The van der Waals surface area contributed by atoms with Crippen LogP contribution in [0.5, 0.6) is 0 Å². The quantitative estimate of drug-likeness (QED) is 0.555. The molecule has 3 saturated carbocycles. The van der Waals surface area contributed by atoms with Crippen molar-refractivity contribution in [3.63, 3.8) is 0 Å². The smallest absolute Gasteiger partial charge is 0.307 e. The van der Waals surface area contributed by atoms with E-state index in [1.54, 1.807) is 0 Å². The highest BCUT2D eigenvalue weighted by Crippen LogP contribution is 2.72. The molecule has 26 heavy (non-hydrogen) atoms. The highest BCUT2D eigenvalue weighted by Gasteiger charge is 2.67. The third-order valence-corrected chi connectivity index (χ3v) is 6.66. The van der Waals surface area contributed by atoms with Crippen LogP contribution in [0.3, 0.4) is 0 Å². The van der Waals surface area contributed by atoms with Crippen molar-refractivity contribution in [2.24, 2.45) is 29.6 Å². The third kappa shape index (κ3) is 2.51. The Morgan fingerprint density at radius 1 is 0.846 bits per heavy atom. The van der Waals surface area contributed by atoms with Gasteiger partial charge in [-0.15, -0.1) is 0 Å². The van der Waals surface area contributed by atoms with E-state index in [2.05, 4.69) is 48.5 Å². The predicted octanol–water partition coefficient (Wildman–Crippen LogP) is 5.30. The zero-order chi connectivity index (χ0) is 17.7. The topological polar surface area (TPSA) is 26.3 Å². The molecule has 0 aromatic heterocycles. The Balaban J connectivity index is 1.66. The normalized spacial score (nSPS) is 30.6. The van der Waals surface area contributed by atoms with Gasteiger partial charge in [-0.1, -0.05) is 60.7 Å². The van der Waals surface area contributed by atoms with E-state index >= 15 is 0 Å². The molecule has 0 saturated heterocycles. The minimum absolute atomic E-state index is 0.207. The standard InChI is InChI=1S/C24H24O2/c1-15(25)26-24(23-21-18-12-13-19(14-18)22(21)23)20(16-8-4-2-5-9-16)17-10-6-3-7-11-17/h2-11,18-19,21-23H,12-14H2,1H3/t18-,19+,21+,22-,23?. The van der Waals surface area contributed by atoms with E-state index in [1.807, 2.05) is 12.1 Å². The van der Waals surface area contributed by atoms with Crippen LogP contribution in [0.25, 0.3) is 5.57 Å². The fourth-order valence-corrected chi connectivity index (χ4v) is 5.78. The summed E-state index contributed by atoms with van der Waals surface area (Å²) in [7, 11) is 0. The first-order valence-electron chi connectivity index (χ1n) is 9.77. The first kappa shape index (κ1) is 15.9. The first-order chi connectivity index (χ1) is 12.7. The second kappa shape index (κ2) is 6.12. The molecule has 2 heteroatoms. The molecule has 0 heterocycles. The number of carbonyl (C=O) groups excluding carboxylic acids is 1. The maximum atomic E-state index is 12.0. The zero-order valence-corrected chi connectivity index (χ0v) is 15.1. The molecule has 0 aliphatic heterocycles. The Hall–Kier alpha value is -2.35. The molecule has 2 aromatic rings. The molecular weight excluding hydrogens is 320 g/mol. The number of hydrogen-bond donors (Lipinski definition) is 0. The van der Waals surface area contributed by atoms with Gasteiger partial charge in [0, 0.05) is 18.4 Å². The molecule has 2 aromatic carbocycles. The van der Waals surface area contributed by atoms with Crippen LogP contribution in [0, 0.1) is 29.6 Å². The number of rotatable bonds is 4. The van der Waals surface area contributed by atoms with E-state index < -0.39 is 0 Å². The lowest BCUT2D eigenvalue weighted by atomic mass is 9.92. The van der Waals surface area contributed by atoms with Crippen molar-refractivity contribution < 1.29 is 9.53 Å². The van der Waals surface area contributed by atoms with Crippen molar-refractivity contribution in [2.45, 2.75) is 26.2 Å². The minimum atomic E-state index is -0.207. The maximum absolute atomic E-state index is 12.0. The summed E-state index contributed by atoms with van der Waals surface area (Å²) in [6.07, 6.45) is 4.12.